The maximum absolute atomic E-state index is 12.6. The molecule has 1 amide bonds. The predicted molar refractivity (Wildman–Crippen MR) is 93.7 cm³/mol. The van der Waals surface area contributed by atoms with Crippen LogP contribution in [0, 0.1) is 5.92 Å². The van der Waals surface area contributed by atoms with E-state index < -0.39 is 10.0 Å². The highest BCUT2D eigenvalue weighted by Crippen LogP contribution is 2.23. The largest absolute Gasteiger partial charge is 0.323 e. The zero-order chi connectivity index (χ0) is 17.9. The summed E-state index contributed by atoms with van der Waals surface area (Å²) in [5.74, 6) is 0.308. The van der Waals surface area contributed by atoms with Gasteiger partial charge in [-0.15, -0.1) is 0 Å². The number of amides is 1. The number of hydrogen-bond donors (Lipinski definition) is 1. The Morgan fingerprint density at radius 3 is 2.68 bits per heavy atom. The summed E-state index contributed by atoms with van der Waals surface area (Å²) >= 11 is 0. The summed E-state index contributed by atoms with van der Waals surface area (Å²) in [6, 6.07) is 5.31. The second kappa shape index (κ2) is 7.32. The van der Waals surface area contributed by atoms with Crippen molar-refractivity contribution in [2.24, 2.45) is 5.92 Å². The van der Waals surface area contributed by atoms with Gasteiger partial charge in [-0.3, -0.25) is 4.79 Å². The molecule has 8 nitrogen and oxygen atoms in total. The molecule has 2 aromatic heterocycles. The van der Waals surface area contributed by atoms with Gasteiger partial charge in [0.2, 0.25) is 15.9 Å². The summed E-state index contributed by atoms with van der Waals surface area (Å²) in [5.41, 5.74) is 0.583. The van der Waals surface area contributed by atoms with Crippen LogP contribution in [0.4, 0.5) is 5.69 Å². The fourth-order valence-electron chi connectivity index (χ4n) is 2.88. The molecular formula is C16H21N5O3S. The van der Waals surface area contributed by atoms with Crippen LogP contribution in [0.1, 0.15) is 19.8 Å². The molecule has 1 aliphatic heterocycles. The van der Waals surface area contributed by atoms with E-state index in [1.165, 1.54) is 4.31 Å². The van der Waals surface area contributed by atoms with E-state index in [4.69, 9.17) is 0 Å². The van der Waals surface area contributed by atoms with E-state index in [0.29, 0.717) is 37.4 Å². The Morgan fingerprint density at radius 2 is 2.04 bits per heavy atom. The van der Waals surface area contributed by atoms with E-state index in [2.05, 4.69) is 15.4 Å². The Balaban J connectivity index is 1.67. The maximum Gasteiger partial charge on any atom is 0.227 e. The van der Waals surface area contributed by atoms with Gasteiger partial charge in [0.05, 0.1) is 11.4 Å². The number of pyridine rings is 1. The van der Waals surface area contributed by atoms with Gasteiger partial charge in [0.1, 0.15) is 0 Å². The zero-order valence-electron chi connectivity index (χ0n) is 14.0. The van der Waals surface area contributed by atoms with Crippen LogP contribution in [0.2, 0.25) is 0 Å². The standard InChI is InChI=1S/C16H21N5O3S/c1-2-25(23,24)20-11-6-13(7-12-20)16(22)19-14-5-3-8-17-15(14)21-10-4-9-18-21/h3-5,8-10,13H,2,6-7,11-12H2,1H3,(H,19,22). The molecule has 0 aliphatic carbocycles. The Kier molecular flexibility index (Phi) is 5.14. The van der Waals surface area contributed by atoms with Crippen LogP contribution in [0.3, 0.4) is 0 Å². The summed E-state index contributed by atoms with van der Waals surface area (Å²) in [4.78, 5) is 16.9. The molecular weight excluding hydrogens is 342 g/mol. The topological polar surface area (TPSA) is 97.2 Å². The number of sulfonamides is 1. The van der Waals surface area contributed by atoms with Crippen LogP contribution in [0.15, 0.2) is 36.8 Å². The second-order valence-electron chi connectivity index (χ2n) is 5.89. The fourth-order valence-corrected chi connectivity index (χ4v) is 4.02. The van der Waals surface area contributed by atoms with Crippen LogP contribution in [-0.2, 0) is 14.8 Å². The van der Waals surface area contributed by atoms with Gasteiger partial charge in [0.25, 0.3) is 0 Å². The quantitative estimate of drug-likeness (QED) is 0.863. The number of piperidine rings is 1. The molecule has 25 heavy (non-hydrogen) atoms. The van der Waals surface area contributed by atoms with Gasteiger partial charge in [0.15, 0.2) is 5.82 Å². The molecule has 0 atom stereocenters. The smallest absolute Gasteiger partial charge is 0.227 e. The minimum Gasteiger partial charge on any atom is -0.323 e. The van der Waals surface area contributed by atoms with Crippen molar-refractivity contribution in [2.75, 3.05) is 24.2 Å². The molecule has 0 radical (unpaired) electrons. The Labute approximate surface area is 146 Å². The monoisotopic (exact) mass is 363 g/mol. The molecule has 0 aromatic carbocycles. The van der Waals surface area contributed by atoms with Crippen molar-refractivity contribution in [3.8, 4) is 5.82 Å². The van der Waals surface area contributed by atoms with Crippen molar-refractivity contribution in [3.05, 3.63) is 36.8 Å². The average molecular weight is 363 g/mol. The third-order valence-electron chi connectivity index (χ3n) is 4.35. The van der Waals surface area contributed by atoms with E-state index in [-0.39, 0.29) is 17.6 Å². The van der Waals surface area contributed by atoms with Gasteiger partial charge >= 0.3 is 0 Å². The Bertz CT molecular complexity index is 827. The lowest BCUT2D eigenvalue weighted by Crippen LogP contribution is -2.42. The molecule has 1 saturated heterocycles. The summed E-state index contributed by atoms with van der Waals surface area (Å²) < 4.78 is 26.9. The lowest BCUT2D eigenvalue weighted by molar-refractivity contribution is -0.120. The minimum absolute atomic E-state index is 0.0901. The number of nitrogens with zero attached hydrogens (tertiary/aromatic N) is 4. The highest BCUT2D eigenvalue weighted by Gasteiger charge is 2.30. The third kappa shape index (κ3) is 3.88. The molecule has 0 unspecified atom stereocenters. The lowest BCUT2D eigenvalue weighted by atomic mass is 9.97. The SMILES string of the molecule is CCS(=O)(=O)N1CCC(C(=O)Nc2cccnc2-n2cccn2)CC1. The second-order valence-corrected chi connectivity index (χ2v) is 8.15. The van der Waals surface area contributed by atoms with Crippen LogP contribution < -0.4 is 5.32 Å². The first-order chi connectivity index (χ1) is 12.0. The molecule has 3 heterocycles. The van der Waals surface area contributed by atoms with E-state index in [1.54, 1.807) is 48.4 Å². The molecule has 2 aromatic rings. The van der Waals surface area contributed by atoms with Crippen LogP contribution in [0.5, 0.6) is 0 Å². The van der Waals surface area contributed by atoms with Crippen LogP contribution in [0.25, 0.3) is 5.82 Å². The van der Waals surface area contributed by atoms with Gasteiger partial charge in [0, 0.05) is 37.6 Å². The molecule has 134 valence electrons. The molecule has 1 N–H and O–H groups in total. The first-order valence-corrected chi connectivity index (χ1v) is 9.86. The lowest BCUT2D eigenvalue weighted by Gasteiger charge is -2.30. The molecule has 9 heteroatoms. The number of aromatic nitrogens is 3. The van der Waals surface area contributed by atoms with Gasteiger partial charge < -0.3 is 5.32 Å². The number of carbonyl (C=O) groups is 1. The summed E-state index contributed by atoms with van der Waals surface area (Å²) in [6.45, 7) is 2.40. The number of carbonyl (C=O) groups excluding carboxylic acids is 1. The van der Waals surface area contributed by atoms with Gasteiger partial charge in [-0.25, -0.2) is 22.4 Å². The molecule has 0 bridgehead atoms. The van der Waals surface area contributed by atoms with E-state index >= 15 is 0 Å². The van der Waals surface area contributed by atoms with Gasteiger partial charge in [-0.05, 0) is 38.0 Å². The normalized spacial score (nSPS) is 16.7. The molecule has 0 saturated carbocycles. The summed E-state index contributed by atoms with van der Waals surface area (Å²) in [5, 5.41) is 7.05. The Hall–Kier alpha value is -2.26. The van der Waals surface area contributed by atoms with Crippen molar-refractivity contribution >= 4 is 21.6 Å². The summed E-state index contributed by atoms with van der Waals surface area (Å²) in [6.07, 6.45) is 6.07. The molecule has 3 rings (SSSR count). The average Bonchev–Trinajstić information content (AvgIpc) is 3.17. The van der Waals surface area contributed by atoms with Crippen molar-refractivity contribution in [1.29, 1.82) is 0 Å². The van der Waals surface area contributed by atoms with Crippen LogP contribution in [-0.4, -0.2) is 52.2 Å². The third-order valence-corrected chi connectivity index (χ3v) is 6.23. The first kappa shape index (κ1) is 17.6. The van der Waals surface area contributed by atoms with Crippen molar-refractivity contribution < 1.29 is 13.2 Å². The number of rotatable bonds is 5. The number of anilines is 1. The van der Waals surface area contributed by atoms with E-state index in [9.17, 15) is 13.2 Å². The highest BCUT2D eigenvalue weighted by molar-refractivity contribution is 7.89. The van der Waals surface area contributed by atoms with Gasteiger partial charge in [-0.2, -0.15) is 5.10 Å². The minimum atomic E-state index is -3.19. The first-order valence-electron chi connectivity index (χ1n) is 8.25. The fraction of sp³-hybridized carbons (Fsp3) is 0.438. The van der Waals surface area contributed by atoms with Gasteiger partial charge in [-0.1, -0.05) is 0 Å². The van der Waals surface area contributed by atoms with Crippen LogP contribution >= 0.6 is 0 Å². The molecule has 1 fully saturated rings. The molecule has 0 spiro atoms. The zero-order valence-corrected chi connectivity index (χ0v) is 14.8. The predicted octanol–water partition coefficient (Wildman–Crippen LogP) is 1.27. The number of nitrogens with one attached hydrogen (secondary N) is 1. The highest BCUT2D eigenvalue weighted by atomic mass is 32.2. The Morgan fingerprint density at radius 1 is 1.28 bits per heavy atom. The van der Waals surface area contributed by atoms with E-state index in [1.807, 2.05) is 0 Å². The maximum atomic E-state index is 12.6. The summed E-state index contributed by atoms with van der Waals surface area (Å²) in [7, 11) is -3.19. The van der Waals surface area contributed by atoms with Crippen molar-refractivity contribution in [2.45, 2.75) is 19.8 Å². The number of hydrogen-bond acceptors (Lipinski definition) is 5. The van der Waals surface area contributed by atoms with Crippen molar-refractivity contribution in [1.82, 2.24) is 19.1 Å². The van der Waals surface area contributed by atoms with Crippen molar-refractivity contribution in [3.63, 3.8) is 0 Å². The van der Waals surface area contributed by atoms with E-state index in [0.717, 1.165) is 0 Å². The molecule has 1 aliphatic rings.